The van der Waals surface area contributed by atoms with Crippen LogP contribution in [0.3, 0.4) is 0 Å². The largest absolute Gasteiger partial charge is 0.496 e. The Bertz CT molecular complexity index is 335. The molecule has 1 fully saturated rings. The van der Waals surface area contributed by atoms with Crippen molar-refractivity contribution in [2.75, 3.05) is 26.7 Å². The summed E-state index contributed by atoms with van der Waals surface area (Å²) in [6.07, 6.45) is 3.60. The highest BCUT2D eigenvalue weighted by Gasteiger charge is 2.11. The van der Waals surface area contributed by atoms with E-state index in [9.17, 15) is 0 Å². The second-order valence-electron chi connectivity index (χ2n) is 4.56. The number of nitrogens with one attached hydrogen (secondary N) is 2. The first kappa shape index (κ1) is 12.4. The average Bonchev–Trinajstić information content (AvgIpc) is 2.40. The molecule has 0 spiro atoms. The molecule has 2 rings (SSSR count). The van der Waals surface area contributed by atoms with E-state index in [0.29, 0.717) is 6.04 Å². The quantitative estimate of drug-likeness (QED) is 0.811. The van der Waals surface area contributed by atoms with Crippen molar-refractivity contribution in [3.63, 3.8) is 0 Å². The van der Waals surface area contributed by atoms with Crippen LogP contribution in [-0.4, -0.2) is 32.8 Å². The van der Waals surface area contributed by atoms with Crippen molar-refractivity contribution < 1.29 is 4.74 Å². The summed E-state index contributed by atoms with van der Waals surface area (Å²) in [5.41, 5.74) is 1.28. The number of benzene rings is 1. The van der Waals surface area contributed by atoms with Crippen molar-refractivity contribution in [2.45, 2.75) is 25.3 Å². The summed E-state index contributed by atoms with van der Waals surface area (Å²) >= 11 is 0. The predicted molar refractivity (Wildman–Crippen MR) is 70.6 cm³/mol. The van der Waals surface area contributed by atoms with E-state index < -0.39 is 0 Å². The number of piperidine rings is 1. The topological polar surface area (TPSA) is 33.3 Å². The zero-order valence-electron chi connectivity index (χ0n) is 10.5. The molecule has 1 aliphatic heterocycles. The molecule has 1 aliphatic rings. The van der Waals surface area contributed by atoms with Gasteiger partial charge in [0.1, 0.15) is 5.75 Å². The molecule has 17 heavy (non-hydrogen) atoms. The molecule has 0 aliphatic carbocycles. The molecule has 1 aromatic carbocycles. The van der Waals surface area contributed by atoms with E-state index in [1.54, 1.807) is 7.11 Å². The Hall–Kier alpha value is -1.06. The third-order valence-corrected chi connectivity index (χ3v) is 3.32. The fourth-order valence-electron chi connectivity index (χ4n) is 2.35. The van der Waals surface area contributed by atoms with Crippen molar-refractivity contribution in [1.29, 1.82) is 0 Å². The second-order valence-corrected chi connectivity index (χ2v) is 4.56. The van der Waals surface area contributed by atoms with Crippen LogP contribution in [-0.2, 0) is 6.42 Å². The minimum Gasteiger partial charge on any atom is -0.496 e. The molecule has 0 radical (unpaired) electrons. The van der Waals surface area contributed by atoms with Gasteiger partial charge in [-0.05, 0) is 44.0 Å². The maximum atomic E-state index is 5.35. The third-order valence-electron chi connectivity index (χ3n) is 3.32. The molecule has 1 aromatic rings. The summed E-state index contributed by atoms with van der Waals surface area (Å²) in [7, 11) is 1.73. The van der Waals surface area contributed by atoms with E-state index >= 15 is 0 Å². The first-order valence-electron chi connectivity index (χ1n) is 6.46. The van der Waals surface area contributed by atoms with E-state index in [2.05, 4.69) is 22.8 Å². The smallest absolute Gasteiger partial charge is 0.122 e. The number of methoxy groups -OCH3 is 1. The molecule has 1 atom stereocenters. The molecule has 94 valence electrons. The molecular weight excluding hydrogens is 212 g/mol. The first-order chi connectivity index (χ1) is 8.40. The zero-order valence-corrected chi connectivity index (χ0v) is 10.5. The Morgan fingerprint density at radius 2 is 2.29 bits per heavy atom. The standard InChI is InChI=1S/C14H22N2O/c1-17-14-7-3-2-5-12(14)8-10-16-13-6-4-9-15-11-13/h2-3,5,7,13,15-16H,4,6,8-11H2,1H3. The van der Waals surface area contributed by atoms with E-state index in [-0.39, 0.29) is 0 Å². The lowest BCUT2D eigenvalue weighted by atomic mass is 10.1. The zero-order chi connectivity index (χ0) is 11.9. The number of ether oxygens (including phenoxy) is 1. The number of rotatable bonds is 5. The van der Waals surface area contributed by atoms with Gasteiger partial charge in [0.2, 0.25) is 0 Å². The molecule has 3 nitrogen and oxygen atoms in total. The summed E-state index contributed by atoms with van der Waals surface area (Å²) in [6.45, 7) is 3.29. The average molecular weight is 234 g/mol. The van der Waals surface area contributed by atoms with Gasteiger partial charge in [0.15, 0.2) is 0 Å². The van der Waals surface area contributed by atoms with Gasteiger partial charge < -0.3 is 15.4 Å². The van der Waals surface area contributed by atoms with Crippen molar-refractivity contribution >= 4 is 0 Å². The fraction of sp³-hybridized carbons (Fsp3) is 0.571. The second kappa shape index (κ2) is 6.62. The summed E-state index contributed by atoms with van der Waals surface area (Å²) < 4.78 is 5.35. The number of para-hydroxylation sites is 1. The van der Waals surface area contributed by atoms with Gasteiger partial charge in [0, 0.05) is 12.6 Å². The molecule has 2 N–H and O–H groups in total. The minimum absolute atomic E-state index is 0.637. The van der Waals surface area contributed by atoms with Gasteiger partial charge in [0.05, 0.1) is 7.11 Å². The molecule has 0 amide bonds. The van der Waals surface area contributed by atoms with Gasteiger partial charge in [-0.2, -0.15) is 0 Å². The molecule has 0 aromatic heterocycles. The highest BCUT2D eigenvalue weighted by atomic mass is 16.5. The van der Waals surface area contributed by atoms with E-state index in [1.165, 1.54) is 24.9 Å². The molecular formula is C14H22N2O. The lowest BCUT2D eigenvalue weighted by Crippen LogP contribution is -2.43. The van der Waals surface area contributed by atoms with Gasteiger partial charge in [0.25, 0.3) is 0 Å². The van der Waals surface area contributed by atoms with Crippen LogP contribution in [0.2, 0.25) is 0 Å². The highest BCUT2D eigenvalue weighted by molar-refractivity contribution is 5.33. The minimum atomic E-state index is 0.637. The maximum Gasteiger partial charge on any atom is 0.122 e. The van der Waals surface area contributed by atoms with Gasteiger partial charge in [-0.3, -0.25) is 0 Å². The highest BCUT2D eigenvalue weighted by Crippen LogP contribution is 2.17. The molecule has 0 bridgehead atoms. The SMILES string of the molecule is COc1ccccc1CCNC1CCCNC1. The number of hydrogen-bond acceptors (Lipinski definition) is 3. The van der Waals surface area contributed by atoms with Crippen molar-refractivity contribution in [1.82, 2.24) is 10.6 Å². The van der Waals surface area contributed by atoms with Crippen LogP contribution in [0.1, 0.15) is 18.4 Å². The monoisotopic (exact) mass is 234 g/mol. The van der Waals surface area contributed by atoms with Gasteiger partial charge in [-0.15, -0.1) is 0 Å². The molecule has 3 heteroatoms. The summed E-state index contributed by atoms with van der Waals surface area (Å²) in [5.74, 6) is 0.996. The molecule has 1 saturated heterocycles. The van der Waals surface area contributed by atoms with Gasteiger partial charge >= 0.3 is 0 Å². The first-order valence-corrected chi connectivity index (χ1v) is 6.46. The Morgan fingerprint density at radius 1 is 1.41 bits per heavy atom. The van der Waals surface area contributed by atoms with E-state index in [1.807, 2.05) is 12.1 Å². The van der Waals surface area contributed by atoms with Crippen molar-refractivity contribution in [2.24, 2.45) is 0 Å². The van der Waals surface area contributed by atoms with Gasteiger partial charge in [-0.1, -0.05) is 18.2 Å². The number of hydrogen-bond donors (Lipinski definition) is 2. The lowest BCUT2D eigenvalue weighted by molar-refractivity contribution is 0.387. The Morgan fingerprint density at radius 3 is 3.06 bits per heavy atom. The van der Waals surface area contributed by atoms with Crippen molar-refractivity contribution in [3.8, 4) is 5.75 Å². The van der Waals surface area contributed by atoms with Crippen LogP contribution < -0.4 is 15.4 Å². The Balaban J connectivity index is 1.77. The van der Waals surface area contributed by atoms with Crippen molar-refractivity contribution in [3.05, 3.63) is 29.8 Å². The third kappa shape index (κ3) is 3.72. The lowest BCUT2D eigenvalue weighted by Gasteiger charge is -2.24. The molecule has 1 unspecified atom stereocenters. The fourth-order valence-corrected chi connectivity index (χ4v) is 2.35. The summed E-state index contributed by atoms with van der Waals surface area (Å²) in [6, 6.07) is 8.89. The van der Waals surface area contributed by atoms with Gasteiger partial charge in [-0.25, -0.2) is 0 Å². The summed E-state index contributed by atoms with van der Waals surface area (Å²) in [4.78, 5) is 0. The maximum absolute atomic E-state index is 5.35. The van der Waals surface area contributed by atoms with Crippen LogP contribution in [0, 0.1) is 0 Å². The van der Waals surface area contributed by atoms with Crippen LogP contribution in [0.5, 0.6) is 5.75 Å². The van der Waals surface area contributed by atoms with Crippen LogP contribution in [0.15, 0.2) is 24.3 Å². The van der Waals surface area contributed by atoms with E-state index in [0.717, 1.165) is 25.3 Å². The van der Waals surface area contributed by atoms with Crippen LogP contribution in [0.25, 0.3) is 0 Å². The van der Waals surface area contributed by atoms with E-state index in [4.69, 9.17) is 4.74 Å². The summed E-state index contributed by atoms with van der Waals surface area (Å²) in [5, 5.41) is 7.02. The Kier molecular flexibility index (Phi) is 4.83. The normalized spacial score (nSPS) is 20.2. The van der Waals surface area contributed by atoms with Crippen LogP contribution in [0.4, 0.5) is 0 Å². The predicted octanol–water partition coefficient (Wildman–Crippen LogP) is 1.58. The van der Waals surface area contributed by atoms with Crippen LogP contribution >= 0.6 is 0 Å². The Labute approximate surface area is 104 Å². The molecule has 0 saturated carbocycles. The molecule has 1 heterocycles.